The number of aromatic nitrogens is 3. The molecule has 2 aromatic heterocycles. The summed E-state index contributed by atoms with van der Waals surface area (Å²) in [6.07, 6.45) is 5.33. The molecule has 0 bridgehead atoms. The van der Waals surface area contributed by atoms with Gasteiger partial charge in [-0.15, -0.1) is 0 Å². The van der Waals surface area contributed by atoms with Gasteiger partial charge in [0.1, 0.15) is 6.61 Å². The summed E-state index contributed by atoms with van der Waals surface area (Å²) in [6.45, 7) is 7.04. The lowest BCUT2D eigenvalue weighted by Crippen LogP contribution is -2.45. The molecule has 0 spiro atoms. The molecule has 0 aliphatic carbocycles. The van der Waals surface area contributed by atoms with Gasteiger partial charge in [0.15, 0.2) is 4.90 Å². The van der Waals surface area contributed by atoms with Gasteiger partial charge in [0.25, 0.3) is 0 Å². The van der Waals surface area contributed by atoms with Crippen molar-refractivity contribution < 1.29 is 17.9 Å². The Morgan fingerprint density at radius 2 is 1.92 bits per heavy atom. The summed E-state index contributed by atoms with van der Waals surface area (Å²) in [5.41, 5.74) is 7.14. The van der Waals surface area contributed by atoms with Crippen LogP contribution in [0.15, 0.2) is 64.8 Å². The monoisotopic (exact) mass is 553 g/mol. The molecule has 1 fully saturated rings. The molecule has 2 atom stereocenters. The molecule has 208 valence electrons. The molecule has 1 saturated heterocycles. The number of amides is 1. The molecule has 3 N–H and O–H groups in total. The highest BCUT2D eigenvalue weighted by atomic mass is 32.2. The van der Waals surface area contributed by atoms with E-state index in [1.807, 2.05) is 31.9 Å². The lowest BCUT2D eigenvalue weighted by atomic mass is 9.99. The Morgan fingerprint density at radius 3 is 2.62 bits per heavy atom. The number of hydrogen-bond donors (Lipinski definition) is 2. The smallest absolute Gasteiger partial charge is 0.241 e. The van der Waals surface area contributed by atoms with Gasteiger partial charge in [-0.3, -0.25) is 9.78 Å². The highest BCUT2D eigenvalue weighted by Crippen LogP contribution is 2.31. The first-order valence-electron chi connectivity index (χ1n) is 12.9. The average molecular weight is 554 g/mol. The maximum atomic E-state index is 13.8. The van der Waals surface area contributed by atoms with E-state index < -0.39 is 15.9 Å². The number of nitrogens with two attached hydrogens (primary N) is 1. The molecule has 1 aliphatic heterocycles. The average Bonchev–Trinajstić information content (AvgIpc) is 2.96. The number of ether oxygens (including phenoxy) is 1. The van der Waals surface area contributed by atoms with E-state index in [1.54, 1.807) is 30.6 Å². The third-order valence-corrected chi connectivity index (χ3v) is 8.59. The first kappa shape index (κ1) is 28.4. The van der Waals surface area contributed by atoms with E-state index in [-0.39, 0.29) is 34.1 Å². The van der Waals surface area contributed by atoms with Crippen molar-refractivity contribution in [3.63, 3.8) is 0 Å². The number of sulfone groups is 1. The normalized spacial score (nSPS) is 15.9. The first-order chi connectivity index (χ1) is 18.7. The number of benzene rings is 1. The van der Waals surface area contributed by atoms with E-state index in [1.165, 1.54) is 18.3 Å². The number of nitrogens with one attached hydrogen (secondary N) is 1. The lowest BCUT2D eigenvalue weighted by molar-refractivity contribution is -0.118. The Balaban J connectivity index is 1.65. The summed E-state index contributed by atoms with van der Waals surface area (Å²) in [4.78, 5) is 29.6. The zero-order valence-electron chi connectivity index (χ0n) is 22.4. The second kappa shape index (κ2) is 12.5. The fourth-order valence-electron chi connectivity index (χ4n) is 4.03. The van der Waals surface area contributed by atoms with Gasteiger partial charge >= 0.3 is 0 Å². The molecule has 4 rings (SSSR count). The fourth-order valence-corrected chi connectivity index (χ4v) is 5.35. The Labute approximate surface area is 229 Å². The van der Waals surface area contributed by atoms with Crippen LogP contribution in [0.3, 0.4) is 0 Å². The molecule has 0 saturated carbocycles. The maximum Gasteiger partial charge on any atom is 0.241 e. The molecule has 39 heavy (non-hydrogen) atoms. The van der Waals surface area contributed by atoms with Crippen molar-refractivity contribution in [1.29, 1.82) is 0 Å². The van der Waals surface area contributed by atoms with Gasteiger partial charge in [0.05, 0.1) is 17.1 Å². The van der Waals surface area contributed by atoms with Crippen LogP contribution in [0.25, 0.3) is 0 Å². The predicted molar refractivity (Wildman–Crippen MR) is 148 cm³/mol. The number of pyridine rings is 1. The van der Waals surface area contributed by atoms with Gasteiger partial charge in [-0.1, -0.05) is 32.4 Å². The summed E-state index contributed by atoms with van der Waals surface area (Å²) < 4.78 is 33.5. The Morgan fingerprint density at radius 1 is 1.15 bits per heavy atom. The molecule has 1 aliphatic rings. The van der Waals surface area contributed by atoms with Crippen molar-refractivity contribution in [1.82, 2.24) is 19.9 Å². The summed E-state index contributed by atoms with van der Waals surface area (Å²) in [5.74, 6) is -0.0362. The van der Waals surface area contributed by atoms with E-state index >= 15 is 0 Å². The Kier molecular flexibility index (Phi) is 9.10. The summed E-state index contributed by atoms with van der Waals surface area (Å²) in [6, 6.07) is 8.94. The van der Waals surface area contributed by atoms with Crippen LogP contribution in [0.2, 0.25) is 0 Å². The number of likely N-dealkylation sites (N-methyl/N-ethyl adjacent to an activating group) is 1. The number of nitrogens with zero attached hydrogens (tertiary/aromatic N) is 5. The van der Waals surface area contributed by atoms with Crippen LogP contribution in [-0.2, 0) is 21.2 Å². The SMILES string of the molecule is CCC(C)C(N)C(=O)Nc1cccc(S(=O)(=O)c2cnc(N3CCN(C)CC3)nc2OCc2cccnc2)c1. The second-order valence-electron chi connectivity index (χ2n) is 9.71. The number of anilines is 2. The molecule has 12 heteroatoms. The van der Waals surface area contributed by atoms with Crippen LogP contribution in [0.5, 0.6) is 5.88 Å². The Hall–Kier alpha value is -3.61. The van der Waals surface area contributed by atoms with Crippen LogP contribution >= 0.6 is 0 Å². The minimum absolute atomic E-state index is 0.0209. The third kappa shape index (κ3) is 6.88. The topological polar surface area (TPSA) is 144 Å². The minimum Gasteiger partial charge on any atom is -0.472 e. The van der Waals surface area contributed by atoms with Gasteiger partial charge in [0.2, 0.25) is 27.6 Å². The number of carbonyl (C=O) groups excluding carboxylic acids is 1. The van der Waals surface area contributed by atoms with Gasteiger partial charge in [-0.25, -0.2) is 13.4 Å². The number of hydrogen-bond acceptors (Lipinski definition) is 10. The molecule has 11 nitrogen and oxygen atoms in total. The van der Waals surface area contributed by atoms with Gasteiger partial charge in [-0.05, 0) is 37.2 Å². The van der Waals surface area contributed by atoms with Gasteiger partial charge in [0, 0.05) is 49.8 Å². The van der Waals surface area contributed by atoms with E-state index in [0.717, 1.165) is 25.1 Å². The summed E-state index contributed by atoms with van der Waals surface area (Å²) >= 11 is 0. The third-order valence-electron chi connectivity index (χ3n) is 6.86. The quantitative estimate of drug-likeness (QED) is 0.384. The van der Waals surface area contributed by atoms with Crippen molar-refractivity contribution in [3.05, 3.63) is 60.6 Å². The van der Waals surface area contributed by atoms with E-state index in [0.29, 0.717) is 24.7 Å². The number of carbonyl (C=O) groups is 1. The Bertz CT molecular complexity index is 1380. The van der Waals surface area contributed by atoms with Crippen LogP contribution < -0.4 is 20.7 Å². The van der Waals surface area contributed by atoms with Crippen LogP contribution in [0.4, 0.5) is 11.6 Å². The van der Waals surface area contributed by atoms with E-state index in [9.17, 15) is 13.2 Å². The van der Waals surface area contributed by atoms with Gasteiger partial charge < -0.3 is 25.6 Å². The van der Waals surface area contributed by atoms with Crippen molar-refractivity contribution in [2.24, 2.45) is 11.7 Å². The zero-order valence-corrected chi connectivity index (χ0v) is 23.3. The van der Waals surface area contributed by atoms with Crippen LogP contribution in [0.1, 0.15) is 25.8 Å². The molecule has 1 aromatic carbocycles. The standard InChI is InChI=1S/C27H35N7O4S/c1-4-19(2)24(28)25(35)31-21-8-5-9-22(15-21)39(36,37)23-17-30-27(34-13-11-33(3)12-14-34)32-26(23)38-18-20-7-6-10-29-16-20/h5-10,15-17,19,24H,4,11-14,18,28H2,1-3H3,(H,31,35). The molecule has 0 radical (unpaired) electrons. The largest absolute Gasteiger partial charge is 0.472 e. The highest BCUT2D eigenvalue weighted by molar-refractivity contribution is 7.91. The molecule has 3 heterocycles. The molecular weight excluding hydrogens is 518 g/mol. The maximum absolute atomic E-state index is 13.8. The first-order valence-corrected chi connectivity index (χ1v) is 14.4. The fraction of sp³-hybridized carbons (Fsp3) is 0.407. The van der Waals surface area contributed by atoms with Crippen molar-refractivity contribution in [2.45, 2.75) is 42.7 Å². The zero-order chi connectivity index (χ0) is 28.0. The van der Waals surface area contributed by atoms with Crippen molar-refractivity contribution in [3.8, 4) is 5.88 Å². The number of rotatable bonds is 10. The lowest BCUT2D eigenvalue weighted by Gasteiger charge is -2.32. The molecular formula is C27H35N7O4S. The van der Waals surface area contributed by atoms with E-state index in [4.69, 9.17) is 10.5 Å². The second-order valence-corrected chi connectivity index (χ2v) is 11.6. The minimum atomic E-state index is -4.10. The van der Waals surface area contributed by atoms with Crippen LogP contribution in [0, 0.1) is 5.92 Å². The molecule has 2 unspecified atom stereocenters. The highest BCUT2D eigenvalue weighted by Gasteiger charge is 2.28. The van der Waals surface area contributed by atoms with E-state index in [2.05, 4.69) is 25.2 Å². The number of piperazine rings is 1. The molecule has 3 aromatic rings. The molecule has 1 amide bonds. The van der Waals surface area contributed by atoms with Crippen LogP contribution in [-0.4, -0.2) is 73.4 Å². The van der Waals surface area contributed by atoms with Gasteiger partial charge in [-0.2, -0.15) is 4.98 Å². The van der Waals surface area contributed by atoms with Crippen molar-refractivity contribution >= 4 is 27.4 Å². The van der Waals surface area contributed by atoms with Crippen molar-refractivity contribution in [2.75, 3.05) is 43.4 Å². The predicted octanol–water partition coefficient (Wildman–Crippen LogP) is 2.35. The summed E-state index contributed by atoms with van der Waals surface area (Å²) in [7, 11) is -2.06. The summed E-state index contributed by atoms with van der Waals surface area (Å²) in [5, 5.41) is 2.73.